The van der Waals surface area contributed by atoms with Crippen molar-refractivity contribution in [3.63, 3.8) is 0 Å². The van der Waals surface area contributed by atoms with Crippen molar-refractivity contribution in [2.24, 2.45) is 11.1 Å². The van der Waals surface area contributed by atoms with E-state index in [2.05, 4.69) is 15.3 Å². The van der Waals surface area contributed by atoms with Crippen molar-refractivity contribution in [2.45, 2.75) is 36.3 Å². The van der Waals surface area contributed by atoms with Gasteiger partial charge >= 0.3 is 5.97 Å². The van der Waals surface area contributed by atoms with Gasteiger partial charge in [0.25, 0.3) is 10.0 Å². The minimum absolute atomic E-state index is 0.0257. The van der Waals surface area contributed by atoms with Crippen LogP contribution in [0.4, 0.5) is 4.39 Å². The molecule has 1 atom stereocenters. The molecule has 0 spiro atoms. The Morgan fingerprint density at radius 3 is 2.51 bits per heavy atom. The predicted octanol–water partition coefficient (Wildman–Crippen LogP) is 2.57. The molecule has 1 fully saturated rings. The van der Waals surface area contributed by atoms with Crippen LogP contribution in [-0.2, 0) is 32.6 Å². The predicted molar refractivity (Wildman–Crippen MR) is 153 cm³/mol. The molecule has 2 aromatic heterocycles. The maximum Gasteiger partial charge on any atom is 0.306 e. The number of benzene rings is 2. The van der Waals surface area contributed by atoms with Crippen LogP contribution < -0.4 is 14.6 Å². The van der Waals surface area contributed by atoms with Crippen LogP contribution in [0.15, 0.2) is 53.0 Å². The molecule has 4 aromatic rings. The highest BCUT2D eigenvalue weighted by Gasteiger charge is 2.32. The summed E-state index contributed by atoms with van der Waals surface area (Å²) >= 11 is 0.937. The van der Waals surface area contributed by atoms with Crippen molar-refractivity contribution in [1.29, 1.82) is 0 Å². The van der Waals surface area contributed by atoms with E-state index in [1.165, 1.54) is 4.68 Å². The number of likely N-dealkylation sites (tertiary alicyclic amines) is 1. The van der Waals surface area contributed by atoms with Crippen molar-refractivity contribution in [3.05, 3.63) is 59.9 Å². The monoisotopic (exact) mass is 632 g/mol. The Morgan fingerprint density at radius 1 is 1.12 bits per heavy atom. The number of carboxylic acids is 1. The molecule has 3 heterocycles. The number of aliphatic carboxylic acids is 1. The van der Waals surface area contributed by atoms with E-state index < -0.39 is 34.6 Å². The van der Waals surface area contributed by atoms with Crippen LogP contribution in [0.25, 0.3) is 10.2 Å². The van der Waals surface area contributed by atoms with Crippen LogP contribution in [-0.4, -0.2) is 76.6 Å². The highest BCUT2D eigenvalue weighted by atomic mass is 32.2. The number of halogens is 1. The molecular formula is C27H29FN6O7S2. The molecule has 0 saturated carbocycles. The van der Waals surface area contributed by atoms with Crippen LogP contribution in [0, 0.1) is 5.92 Å². The van der Waals surface area contributed by atoms with Crippen LogP contribution in [0.5, 0.6) is 11.5 Å². The number of ether oxygens (including phenoxy) is 2. The molecule has 0 aliphatic carbocycles. The van der Waals surface area contributed by atoms with E-state index in [1.807, 2.05) is 0 Å². The fourth-order valence-electron chi connectivity index (χ4n) is 4.74. The normalized spacial score (nSPS) is 15.0. The standard InChI is InChI=1S/C27H29FN6O7S2/c28-9-12-40-20-3-1-17(2-4-20)13-23(25(35)33-10-7-18(8-11-33)26(36)37)34-15-19(31-32-34)16-41-21-5-6-22-24(14-21)42-27(30-22)43(29,38)39/h1-6,14-15,18,23H,7-13,16H2,(H,36,37)(H2,29,38,39). The highest BCUT2D eigenvalue weighted by molar-refractivity contribution is 7.91. The van der Waals surface area contributed by atoms with Gasteiger partial charge in [0.05, 0.1) is 22.3 Å². The topological polar surface area (TPSA) is 180 Å². The van der Waals surface area contributed by atoms with Crippen LogP contribution in [0.1, 0.15) is 30.1 Å². The second-order valence-electron chi connectivity index (χ2n) is 9.97. The van der Waals surface area contributed by atoms with Crippen LogP contribution >= 0.6 is 11.3 Å². The van der Waals surface area contributed by atoms with E-state index in [0.29, 0.717) is 53.3 Å². The van der Waals surface area contributed by atoms with E-state index in [-0.39, 0.29) is 29.9 Å². The van der Waals surface area contributed by atoms with Gasteiger partial charge in [-0.25, -0.2) is 27.6 Å². The van der Waals surface area contributed by atoms with Gasteiger partial charge in [0, 0.05) is 19.5 Å². The fourth-order valence-corrected chi connectivity index (χ4v) is 6.42. The van der Waals surface area contributed by atoms with Crippen molar-refractivity contribution in [2.75, 3.05) is 26.4 Å². The molecule has 1 aliphatic rings. The summed E-state index contributed by atoms with van der Waals surface area (Å²) in [6.45, 7) is 0.0121. The summed E-state index contributed by atoms with van der Waals surface area (Å²) in [5.41, 5.74) is 1.74. The second kappa shape index (κ2) is 13.0. The number of piperidine rings is 1. The largest absolute Gasteiger partial charge is 0.491 e. The molecule has 0 bridgehead atoms. The van der Waals surface area contributed by atoms with E-state index in [9.17, 15) is 27.5 Å². The number of carbonyl (C=O) groups is 2. The molecule has 1 aliphatic heterocycles. The molecule has 13 nitrogen and oxygen atoms in total. The third kappa shape index (κ3) is 7.44. The van der Waals surface area contributed by atoms with Gasteiger partial charge in [-0.3, -0.25) is 9.59 Å². The zero-order valence-corrected chi connectivity index (χ0v) is 24.5. The van der Waals surface area contributed by atoms with E-state index in [0.717, 1.165) is 16.9 Å². The number of hydrogen-bond acceptors (Lipinski definition) is 10. The summed E-state index contributed by atoms with van der Waals surface area (Å²) in [7, 11) is -3.92. The van der Waals surface area contributed by atoms with Gasteiger partial charge in [-0.2, -0.15) is 0 Å². The number of sulfonamides is 1. The number of aromatic nitrogens is 4. The molecule has 0 radical (unpaired) electrons. The average molecular weight is 633 g/mol. The molecule has 2 aromatic carbocycles. The number of alkyl halides is 1. The minimum Gasteiger partial charge on any atom is -0.491 e. The first-order valence-electron chi connectivity index (χ1n) is 13.4. The first kappa shape index (κ1) is 30.3. The summed E-state index contributed by atoms with van der Waals surface area (Å²) in [4.78, 5) is 30.8. The summed E-state index contributed by atoms with van der Waals surface area (Å²) < 4.78 is 48.7. The number of carboxylic acid groups (broad SMARTS) is 1. The number of thiazole rings is 1. The molecule has 228 valence electrons. The lowest BCUT2D eigenvalue weighted by Crippen LogP contribution is -2.44. The van der Waals surface area contributed by atoms with Gasteiger partial charge in [-0.15, -0.1) is 16.4 Å². The number of fused-ring (bicyclic) bond motifs is 1. The Morgan fingerprint density at radius 2 is 1.84 bits per heavy atom. The maximum absolute atomic E-state index is 13.7. The van der Waals surface area contributed by atoms with Gasteiger partial charge in [-0.05, 0) is 48.7 Å². The first-order chi connectivity index (χ1) is 20.6. The minimum atomic E-state index is -3.92. The van der Waals surface area contributed by atoms with E-state index >= 15 is 0 Å². The summed E-state index contributed by atoms with van der Waals surface area (Å²) in [5, 5.41) is 22.9. The van der Waals surface area contributed by atoms with E-state index in [1.54, 1.807) is 53.6 Å². The molecular weight excluding hydrogens is 603 g/mol. The smallest absolute Gasteiger partial charge is 0.306 e. The van der Waals surface area contributed by atoms with Gasteiger partial charge in [-0.1, -0.05) is 17.3 Å². The Bertz CT molecular complexity index is 1700. The van der Waals surface area contributed by atoms with Gasteiger partial charge < -0.3 is 19.5 Å². The number of nitrogens with zero attached hydrogens (tertiary/aromatic N) is 5. The van der Waals surface area contributed by atoms with Gasteiger partial charge in [0.15, 0.2) is 0 Å². The van der Waals surface area contributed by atoms with Crippen molar-refractivity contribution in [1.82, 2.24) is 24.9 Å². The van der Waals surface area contributed by atoms with Crippen molar-refractivity contribution >= 4 is 43.5 Å². The van der Waals surface area contributed by atoms with Crippen LogP contribution in [0.2, 0.25) is 0 Å². The molecule has 3 N–H and O–H groups in total. The lowest BCUT2D eigenvalue weighted by atomic mass is 9.96. The Labute approximate surface area is 250 Å². The molecule has 1 saturated heterocycles. The average Bonchev–Trinajstić information content (AvgIpc) is 3.65. The summed E-state index contributed by atoms with van der Waals surface area (Å²) in [5.74, 6) is -0.586. The third-order valence-corrected chi connectivity index (χ3v) is 9.32. The molecule has 16 heteroatoms. The summed E-state index contributed by atoms with van der Waals surface area (Å²) in [6, 6.07) is 11.2. The van der Waals surface area contributed by atoms with Crippen molar-refractivity contribution in [3.8, 4) is 11.5 Å². The lowest BCUT2D eigenvalue weighted by molar-refractivity contribution is -0.146. The number of primary sulfonamides is 1. The molecule has 5 rings (SSSR count). The number of rotatable bonds is 12. The number of carbonyl (C=O) groups excluding carboxylic acids is 1. The quantitative estimate of drug-likeness (QED) is 0.236. The Hall–Kier alpha value is -4.15. The third-order valence-electron chi connectivity index (χ3n) is 6.99. The summed E-state index contributed by atoms with van der Waals surface area (Å²) in [6.07, 6.45) is 2.64. The molecule has 1 amide bonds. The Kier molecular flexibility index (Phi) is 9.17. The highest BCUT2D eigenvalue weighted by Crippen LogP contribution is 2.29. The first-order valence-corrected chi connectivity index (χ1v) is 15.7. The number of amides is 1. The van der Waals surface area contributed by atoms with Crippen LogP contribution in [0.3, 0.4) is 0 Å². The Balaban J connectivity index is 1.31. The van der Waals surface area contributed by atoms with Gasteiger partial charge in [0.1, 0.15) is 43.1 Å². The van der Waals surface area contributed by atoms with E-state index in [4.69, 9.17) is 14.6 Å². The zero-order chi connectivity index (χ0) is 30.6. The molecule has 43 heavy (non-hydrogen) atoms. The second-order valence-corrected chi connectivity index (χ2v) is 12.7. The van der Waals surface area contributed by atoms with Gasteiger partial charge in [0.2, 0.25) is 10.2 Å². The maximum atomic E-state index is 13.7. The number of hydrogen-bond donors (Lipinski definition) is 2. The lowest BCUT2D eigenvalue weighted by Gasteiger charge is -2.32. The SMILES string of the molecule is NS(=O)(=O)c1nc2ccc(OCc3cn(C(Cc4ccc(OCCF)cc4)C(=O)N4CCC(C(=O)O)CC4)nn3)cc2s1. The number of nitrogens with two attached hydrogens (primary N) is 1. The zero-order valence-electron chi connectivity index (χ0n) is 22.8. The fraction of sp³-hybridized carbons (Fsp3) is 0.370. The van der Waals surface area contributed by atoms with Crippen molar-refractivity contribution < 1.29 is 37.0 Å². The molecule has 1 unspecified atom stereocenters.